The van der Waals surface area contributed by atoms with Crippen molar-refractivity contribution in [2.75, 3.05) is 0 Å². The quantitative estimate of drug-likeness (QED) is 0.746. The number of pyridine rings is 1. The number of hydrogen-bond donors (Lipinski definition) is 1. The summed E-state index contributed by atoms with van der Waals surface area (Å²) in [7, 11) is 0. The zero-order valence-corrected chi connectivity index (χ0v) is 12.0. The van der Waals surface area contributed by atoms with Crippen molar-refractivity contribution < 1.29 is 0 Å². The third kappa shape index (κ3) is 2.58. The fourth-order valence-electron chi connectivity index (χ4n) is 2.20. The normalized spacial score (nSPS) is 10.9. The number of H-pyrrole nitrogens is 1. The molecule has 0 atom stereocenters. The van der Waals surface area contributed by atoms with Crippen LogP contribution in [0.4, 0.5) is 0 Å². The molecule has 20 heavy (non-hydrogen) atoms. The van der Waals surface area contributed by atoms with Gasteiger partial charge in [-0.1, -0.05) is 41.4 Å². The molecular weight excluding hydrogens is 293 g/mol. The zero-order chi connectivity index (χ0) is 14.1. The van der Waals surface area contributed by atoms with Gasteiger partial charge in [0.05, 0.1) is 0 Å². The van der Waals surface area contributed by atoms with E-state index in [2.05, 4.69) is 4.98 Å². The number of aromatic nitrogens is 1. The molecule has 0 fully saturated rings. The van der Waals surface area contributed by atoms with E-state index in [-0.39, 0.29) is 5.56 Å². The Labute approximate surface area is 126 Å². The smallest absolute Gasteiger partial charge is 0.251 e. The first-order chi connectivity index (χ1) is 9.63. The summed E-state index contributed by atoms with van der Waals surface area (Å²) in [6.45, 7) is 0. The minimum atomic E-state index is -0.0975. The Morgan fingerprint density at radius 3 is 2.55 bits per heavy atom. The number of benzene rings is 2. The lowest BCUT2D eigenvalue weighted by Gasteiger charge is -2.05. The first kappa shape index (κ1) is 13.2. The molecule has 1 aromatic heterocycles. The first-order valence-corrected chi connectivity index (χ1v) is 6.94. The van der Waals surface area contributed by atoms with Gasteiger partial charge in [0, 0.05) is 27.5 Å². The summed E-state index contributed by atoms with van der Waals surface area (Å²) in [4.78, 5) is 15.0. The monoisotopic (exact) mass is 303 g/mol. The highest BCUT2D eigenvalue weighted by Gasteiger charge is 2.07. The maximum atomic E-state index is 12.1. The molecule has 3 aromatic rings. The van der Waals surface area contributed by atoms with Crippen molar-refractivity contribution >= 4 is 34.1 Å². The molecule has 0 radical (unpaired) electrons. The summed E-state index contributed by atoms with van der Waals surface area (Å²) in [5.41, 5.74) is 2.29. The average molecular weight is 304 g/mol. The molecule has 2 aromatic carbocycles. The third-order valence-corrected chi connectivity index (χ3v) is 3.83. The van der Waals surface area contributed by atoms with Crippen molar-refractivity contribution in [3.8, 4) is 0 Å². The highest BCUT2D eigenvalue weighted by atomic mass is 35.5. The molecule has 0 saturated heterocycles. The van der Waals surface area contributed by atoms with E-state index in [4.69, 9.17) is 23.2 Å². The molecule has 0 bridgehead atoms. The average Bonchev–Trinajstić information content (AvgIpc) is 2.42. The molecular formula is C16H11Cl2NO. The van der Waals surface area contributed by atoms with Gasteiger partial charge < -0.3 is 4.98 Å². The van der Waals surface area contributed by atoms with Gasteiger partial charge in [0.2, 0.25) is 0 Å². The van der Waals surface area contributed by atoms with E-state index in [1.54, 1.807) is 12.1 Å². The summed E-state index contributed by atoms with van der Waals surface area (Å²) >= 11 is 12.1. The summed E-state index contributed by atoms with van der Waals surface area (Å²) < 4.78 is 0. The molecule has 0 aliphatic carbocycles. The SMILES string of the molecule is O=c1[nH]c2ccc(Cl)cc2cc1Cc1ccccc1Cl. The first-order valence-electron chi connectivity index (χ1n) is 6.18. The Hall–Kier alpha value is -1.77. The van der Waals surface area contributed by atoms with Crippen LogP contribution in [0.1, 0.15) is 11.1 Å². The number of nitrogens with one attached hydrogen (secondary N) is 1. The second-order valence-electron chi connectivity index (χ2n) is 4.62. The van der Waals surface area contributed by atoms with Crippen molar-refractivity contribution in [1.29, 1.82) is 0 Å². The highest BCUT2D eigenvalue weighted by Crippen LogP contribution is 2.21. The third-order valence-electron chi connectivity index (χ3n) is 3.22. The van der Waals surface area contributed by atoms with Gasteiger partial charge in [-0.2, -0.15) is 0 Å². The van der Waals surface area contributed by atoms with E-state index < -0.39 is 0 Å². The molecule has 100 valence electrons. The lowest BCUT2D eigenvalue weighted by atomic mass is 10.0. The molecule has 2 nitrogen and oxygen atoms in total. The molecule has 0 aliphatic heterocycles. The Morgan fingerprint density at radius 1 is 0.950 bits per heavy atom. The van der Waals surface area contributed by atoms with Gasteiger partial charge in [-0.15, -0.1) is 0 Å². The van der Waals surface area contributed by atoms with Crippen LogP contribution in [0.15, 0.2) is 53.3 Å². The number of rotatable bonds is 2. The van der Waals surface area contributed by atoms with E-state index in [0.29, 0.717) is 22.0 Å². The predicted molar refractivity (Wildman–Crippen MR) is 83.8 cm³/mol. The summed E-state index contributed by atoms with van der Waals surface area (Å²) in [5, 5.41) is 2.23. The van der Waals surface area contributed by atoms with E-state index in [1.807, 2.05) is 36.4 Å². The van der Waals surface area contributed by atoms with E-state index in [1.165, 1.54) is 0 Å². The molecule has 1 N–H and O–H groups in total. The minimum absolute atomic E-state index is 0.0975. The lowest BCUT2D eigenvalue weighted by molar-refractivity contribution is 1.12. The minimum Gasteiger partial charge on any atom is -0.322 e. The summed E-state index contributed by atoms with van der Waals surface area (Å²) in [5.74, 6) is 0. The van der Waals surface area contributed by atoms with Crippen LogP contribution in [0.25, 0.3) is 10.9 Å². The Balaban J connectivity index is 2.10. The summed E-state index contributed by atoms with van der Waals surface area (Å²) in [6.07, 6.45) is 0.497. The van der Waals surface area contributed by atoms with Gasteiger partial charge in [-0.05, 0) is 41.3 Å². The van der Waals surface area contributed by atoms with Gasteiger partial charge in [-0.25, -0.2) is 0 Å². The molecule has 0 spiro atoms. The van der Waals surface area contributed by atoms with Crippen LogP contribution in [0.3, 0.4) is 0 Å². The van der Waals surface area contributed by atoms with Crippen LogP contribution < -0.4 is 5.56 Å². The van der Waals surface area contributed by atoms with Crippen molar-refractivity contribution in [3.63, 3.8) is 0 Å². The standard InChI is InChI=1S/C16H11Cl2NO/c17-13-5-6-15-11(9-13)8-12(16(20)19-15)7-10-3-1-2-4-14(10)18/h1-6,8-9H,7H2,(H,19,20). The molecule has 4 heteroatoms. The molecule has 3 rings (SSSR count). The Morgan fingerprint density at radius 2 is 1.75 bits per heavy atom. The Bertz CT molecular complexity index is 839. The molecule has 0 aliphatic rings. The number of halogens is 2. The van der Waals surface area contributed by atoms with E-state index in [9.17, 15) is 4.79 Å². The van der Waals surface area contributed by atoms with Gasteiger partial charge >= 0.3 is 0 Å². The van der Waals surface area contributed by atoms with Crippen LogP contribution in [-0.2, 0) is 6.42 Å². The molecule has 1 heterocycles. The Kier molecular flexibility index (Phi) is 3.51. The maximum absolute atomic E-state index is 12.1. The topological polar surface area (TPSA) is 32.9 Å². The van der Waals surface area contributed by atoms with Gasteiger partial charge in [0.25, 0.3) is 5.56 Å². The van der Waals surface area contributed by atoms with Crippen LogP contribution in [0.2, 0.25) is 10.0 Å². The lowest BCUT2D eigenvalue weighted by Crippen LogP contribution is -2.12. The second kappa shape index (κ2) is 5.31. The largest absolute Gasteiger partial charge is 0.322 e. The van der Waals surface area contributed by atoms with Gasteiger partial charge in [-0.3, -0.25) is 4.79 Å². The molecule has 0 unspecified atom stereocenters. The van der Waals surface area contributed by atoms with Crippen LogP contribution >= 0.6 is 23.2 Å². The molecule has 0 saturated carbocycles. The van der Waals surface area contributed by atoms with Crippen molar-refractivity contribution in [2.24, 2.45) is 0 Å². The highest BCUT2D eigenvalue weighted by molar-refractivity contribution is 6.31. The van der Waals surface area contributed by atoms with Crippen molar-refractivity contribution in [1.82, 2.24) is 4.98 Å². The van der Waals surface area contributed by atoms with Crippen molar-refractivity contribution in [3.05, 3.63) is 80.1 Å². The van der Waals surface area contributed by atoms with Crippen LogP contribution in [-0.4, -0.2) is 4.98 Å². The van der Waals surface area contributed by atoms with Crippen molar-refractivity contribution in [2.45, 2.75) is 6.42 Å². The van der Waals surface area contributed by atoms with Gasteiger partial charge in [0.15, 0.2) is 0 Å². The van der Waals surface area contributed by atoms with Gasteiger partial charge in [0.1, 0.15) is 0 Å². The van der Waals surface area contributed by atoms with E-state index >= 15 is 0 Å². The zero-order valence-electron chi connectivity index (χ0n) is 10.5. The fourth-order valence-corrected chi connectivity index (χ4v) is 2.58. The fraction of sp³-hybridized carbons (Fsp3) is 0.0625. The summed E-state index contributed by atoms with van der Waals surface area (Å²) in [6, 6.07) is 14.8. The maximum Gasteiger partial charge on any atom is 0.251 e. The number of fused-ring (bicyclic) bond motifs is 1. The predicted octanol–water partition coefficient (Wildman–Crippen LogP) is 4.43. The van der Waals surface area contributed by atoms with Crippen LogP contribution in [0, 0.1) is 0 Å². The van der Waals surface area contributed by atoms with E-state index in [0.717, 1.165) is 16.5 Å². The number of hydrogen-bond acceptors (Lipinski definition) is 1. The second-order valence-corrected chi connectivity index (χ2v) is 5.47. The number of aromatic amines is 1. The molecule has 0 amide bonds. The van der Waals surface area contributed by atoms with Crippen LogP contribution in [0.5, 0.6) is 0 Å².